The van der Waals surface area contributed by atoms with Crippen molar-refractivity contribution in [2.24, 2.45) is 17.3 Å². The highest BCUT2D eigenvalue weighted by molar-refractivity contribution is 9.10. The largest absolute Gasteiger partial charge is 0.390 e. The first-order valence-corrected chi connectivity index (χ1v) is 50.4. The Hall–Kier alpha value is -11.5. The Morgan fingerprint density at radius 2 is 0.651 bits per heavy atom. The molecule has 0 radical (unpaired) electrons. The SMILES string of the molecule is CC(C)(C)CC(=O)Nc1nc2c(F)cc(Br)cc2n1C1(C)CCC1.CC(C)(C)n1c(NC(=O)C[C@@](C)(O)C2CC2)nc2ccc(F)c(F)c21.CC(C)(O)CC(=O)Nc1nc2ccc(F)c(F)c2n1C1(C)CCC1.CC(C)(O)CC(=O)Nc1nc2ccc(F)c(F)c2n1C1CCC1.CCC(C)(O)CC(=O)Nc1nc2ccc(F)c(F)c2n1C1(C)CCC1.C[C@@](O)(CC(=O)Nc1nc2ccc(F)c(F)c2n1C1CCC1)C1CC1. The molecule has 0 aliphatic heterocycles. The molecule has 7 aliphatic carbocycles. The van der Waals surface area contributed by atoms with Gasteiger partial charge < -0.3 is 52.9 Å². The first-order chi connectivity index (χ1) is 68.0. The summed E-state index contributed by atoms with van der Waals surface area (Å²) in [7, 11) is 0. The zero-order chi connectivity index (χ0) is 107. The van der Waals surface area contributed by atoms with Crippen LogP contribution in [0.5, 0.6) is 0 Å². The van der Waals surface area contributed by atoms with E-state index in [0.717, 1.165) is 158 Å². The van der Waals surface area contributed by atoms with Gasteiger partial charge in [-0.05, 0) is 308 Å². The van der Waals surface area contributed by atoms with E-state index in [1.54, 1.807) is 46.0 Å². The fraction of sp³-hybridized carbons (Fsp3) is 0.543. The highest BCUT2D eigenvalue weighted by Crippen LogP contribution is 2.50. The van der Waals surface area contributed by atoms with E-state index in [1.807, 2.05) is 66.0 Å². The van der Waals surface area contributed by atoms with Gasteiger partial charge in [-0.25, -0.2) is 78.2 Å². The van der Waals surface area contributed by atoms with E-state index in [2.05, 4.69) is 84.7 Å². The summed E-state index contributed by atoms with van der Waals surface area (Å²) in [5, 5.41) is 66.5. The predicted molar refractivity (Wildman–Crippen MR) is 538 cm³/mol. The second kappa shape index (κ2) is 41.9. The van der Waals surface area contributed by atoms with E-state index < -0.39 is 126 Å². The van der Waals surface area contributed by atoms with Crippen LogP contribution in [0, 0.1) is 81.2 Å². The van der Waals surface area contributed by atoms with Gasteiger partial charge in [-0.2, -0.15) is 0 Å². The van der Waals surface area contributed by atoms with Gasteiger partial charge in [0.2, 0.25) is 71.1 Å². The van der Waals surface area contributed by atoms with Crippen molar-refractivity contribution in [1.29, 1.82) is 0 Å². The number of carbonyl (C=O) groups excluding carboxylic acids is 6. The van der Waals surface area contributed by atoms with E-state index in [9.17, 15) is 103 Å². The number of halogens is 12. The summed E-state index contributed by atoms with van der Waals surface area (Å²) in [6.45, 7) is 30.3. The van der Waals surface area contributed by atoms with Crippen molar-refractivity contribution in [2.45, 2.75) is 347 Å². The first-order valence-electron chi connectivity index (χ1n) is 49.6. The zero-order valence-corrected chi connectivity index (χ0v) is 86.8. The summed E-state index contributed by atoms with van der Waals surface area (Å²) in [6.07, 6.45) is 17.6. The molecule has 0 bridgehead atoms. The van der Waals surface area contributed by atoms with Crippen LogP contribution < -0.4 is 31.9 Å². The summed E-state index contributed by atoms with van der Waals surface area (Å²) in [5.41, 5.74) is -4.48. The van der Waals surface area contributed by atoms with Gasteiger partial charge in [-0.3, -0.25) is 60.7 Å². The van der Waals surface area contributed by atoms with Crippen molar-refractivity contribution >= 4 is 153 Å². The number of aromatic nitrogens is 12. The molecular weight excluding hydrogens is 1980 g/mol. The minimum atomic E-state index is -1.17. The minimum Gasteiger partial charge on any atom is -0.390 e. The smallest absolute Gasteiger partial charge is 0.229 e. The van der Waals surface area contributed by atoms with Crippen LogP contribution in [0.15, 0.2) is 77.3 Å². The van der Waals surface area contributed by atoms with Gasteiger partial charge in [0, 0.05) is 45.1 Å². The van der Waals surface area contributed by atoms with Crippen molar-refractivity contribution in [2.75, 3.05) is 31.9 Å². The maximum absolute atomic E-state index is 14.4. The van der Waals surface area contributed by atoms with Crippen molar-refractivity contribution < 1.29 is 103 Å². The number of imidazole rings is 6. The topological polar surface area (TPSA) is 383 Å². The molecule has 19 rings (SSSR count). The lowest BCUT2D eigenvalue weighted by Gasteiger charge is -2.41. The molecule has 146 heavy (non-hydrogen) atoms. The Kier molecular flexibility index (Phi) is 31.6. The Morgan fingerprint density at radius 1 is 0.356 bits per heavy atom. The molecule has 0 spiro atoms. The van der Waals surface area contributed by atoms with Gasteiger partial charge >= 0.3 is 0 Å². The van der Waals surface area contributed by atoms with E-state index in [-0.39, 0.29) is 147 Å². The lowest BCUT2D eigenvalue weighted by molar-refractivity contribution is -0.122. The van der Waals surface area contributed by atoms with Crippen LogP contribution in [0.25, 0.3) is 66.2 Å². The van der Waals surface area contributed by atoms with E-state index in [4.69, 9.17) is 0 Å². The molecule has 6 amide bonds. The summed E-state index contributed by atoms with van der Waals surface area (Å²) < 4.78 is 165. The minimum absolute atomic E-state index is 0.000502. The van der Waals surface area contributed by atoms with Gasteiger partial charge in [0.15, 0.2) is 64.0 Å². The first kappa shape index (κ1) is 110. The highest BCUT2D eigenvalue weighted by Gasteiger charge is 2.47. The molecule has 41 heteroatoms. The number of anilines is 6. The average molecular weight is 2110 g/mol. The van der Waals surface area contributed by atoms with Gasteiger partial charge in [0.05, 0.1) is 93.2 Å². The molecule has 29 nitrogen and oxygen atoms in total. The van der Waals surface area contributed by atoms with Crippen LogP contribution in [-0.2, 0) is 50.9 Å². The third-order valence-electron chi connectivity index (χ3n) is 28.4. The number of nitrogens with one attached hydrogen (secondary N) is 6. The zero-order valence-electron chi connectivity index (χ0n) is 85.2. The number of aliphatic hydroxyl groups is 5. The lowest BCUT2D eigenvalue weighted by atomic mass is 9.78. The summed E-state index contributed by atoms with van der Waals surface area (Å²) in [5.74, 6) is -10.4. The molecule has 11 N–H and O–H groups in total. The van der Waals surface area contributed by atoms with Gasteiger partial charge in [0.1, 0.15) is 33.1 Å². The van der Waals surface area contributed by atoms with E-state index in [1.165, 1.54) is 68.7 Å². The average Bonchev–Trinajstić information content (AvgIpc) is 1.70. The Morgan fingerprint density at radius 3 is 0.973 bits per heavy atom. The maximum Gasteiger partial charge on any atom is 0.229 e. The number of benzene rings is 6. The summed E-state index contributed by atoms with van der Waals surface area (Å²) in [6, 6.07) is 15.4. The molecule has 0 saturated heterocycles. The Balaban J connectivity index is 0.000000139. The Bertz CT molecular complexity index is 6960. The number of carbonyl (C=O) groups is 6. The van der Waals surface area contributed by atoms with Crippen molar-refractivity contribution in [3.05, 3.63) is 141 Å². The van der Waals surface area contributed by atoms with Crippen LogP contribution in [0.2, 0.25) is 0 Å². The molecule has 1 unspecified atom stereocenters. The number of hydrogen-bond acceptors (Lipinski definition) is 17. The standard InChI is InChI=1S/C18H23BrFN3O.C18H21F2N3O2.2C18H23F2N3O2.C17H21F2N3O2.C16H19F2N3O2/c1-17(2,3)10-14(24)21-16-22-15-12(20)8-11(19)9-13(15)23(16)18(4)6-5-7-18;1-18(25,10-5-6-10)9-14(24)22-17-21-13-8-7-12(19)15(20)16(13)23(17)11-3-2-4-11;1-17(2,3)23-15-12(8-7-11(19)14(15)20)21-16(23)22-13(24)9-18(4,25)10-5-6-10;1-4-18(3,25)10-13(24)22-16-21-12-7-6-11(19)14(20)15(12)23(16)17(2)8-5-9-17;1-16(2,24)9-12(23)21-15-20-11-6-5-10(18)13(19)14(11)22(15)17(3)7-4-8-17;1-16(2,23)8-12(22)20-15-19-11-7-6-10(17)13(18)14(11)21(15)9-4-3-5-9/h8-9H,5-7,10H2,1-4H3,(H,21,22,24);7-8,10-11,25H,2-6,9H2,1H3,(H,21,22,24);7-8,10,25H,5-6,9H2,1-4H3,(H,21,22,24);6-7,25H,4-5,8-10H2,1-3H3,(H,21,22,24);5-6,24H,4,7-9H2,1-3H3,(H,20,21,23);6-7,9,23H,3-5,8H2,1-2H3,(H,19,20,22)/t;2*18-;;;/m.11.../s1. The molecule has 6 aromatic heterocycles. The van der Waals surface area contributed by atoms with E-state index >= 15 is 0 Å². The molecule has 790 valence electrons. The van der Waals surface area contributed by atoms with Gasteiger partial charge in [-0.1, -0.05) is 43.6 Å². The van der Waals surface area contributed by atoms with E-state index in [0.29, 0.717) is 50.8 Å². The molecule has 7 saturated carbocycles. The predicted octanol–water partition coefficient (Wildman–Crippen LogP) is 22.5. The monoisotopic (exact) mass is 2110 g/mol. The molecule has 6 aromatic carbocycles. The van der Waals surface area contributed by atoms with Crippen LogP contribution in [0.3, 0.4) is 0 Å². The summed E-state index contributed by atoms with van der Waals surface area (Å²) in [4.78, 5) is 99.4. The molecular formula is C105H130BrF11N18O11. The number of nitrogens with zero attached hydrogens (tertiary/aromatic N) is 12. The molecule has 7 aliphatic rings. The van der Waals surface area contributed by atoms with Gasteiger partial charge in [0.25, 0.3) is 0 Å². The number of rotatable bonds is 25. The molecule has 12 aromatic rings. The third-order valence-corrected chi connectivity index (χ3v) is 28.9. The lowest BCUT2D eigenvalue weighted by Crippen LogP contribution is -2.39. The molecule has 7 fully saturated rings. The quantitative estimate of drug-likeness (QED) is 0.0237. The maximum atomic E-state index is 14.4. The van der Waals surface area contributed by atoms with Crippen molar-refractivity contribution in [1.82, 2.24) is 57.3 Å². The van der Waals surface area contributed by atoms with Crippen LogP contribution >= 0.6 is 15.9 Å². The number of hydrogen-bond donors (Lipinski definition) is 11. The normalized spacial score (nSPS) is 17.7. The number of fused-ring (bicyclic) bond motifs is 6. The fourth-order valence-electron chi connectivity index (χ4n) is 19.3. The third kappa shape index (κ3) is 24.7. The van der Waals surface area contributed by atoms with Crippen LogP contribution in [0.1, 0.15) is 297 Å². The molecule has 6 heterocycles. The number of amides is 6. The van der Waals surface area contributed by atoms with Crippen LogP contribution in [0.4, 0.5) is 84.0 Å². The van der Waals surface area contributed by atoms with Gasteiger partial charge in [-0.15, -0.1) is 0 Å². The fourth-order valence-corrected chi connectivity index (χ4v) is 19.7. The second-order valence-electron chi connectivity index (χ2n) is 45.1. The van der Waals surface area contributed by atoms with Crippen LogP contribution in [-0.4, -0.2) is 146 Å². The summed E-state index contributed by atoms with van der Waals surface area (Å²) >= 11 is 3.36. The molecule has 3 atom stereocenters. The Labute approximate surface area is 846 Å². The second-order valence-corrected chi connectivity index (χ2v) is 46.1. The van der Waals surface area contributed by atoms with Crippen molar-refractivity contribution in [3.63, 3.8) is 0 Å². The highest BCUT2D eigenvalue weighted by atomic mass is 79.9. The van der Waals surface area contributed by atoms with Crippen molar-refractivity contribution in [3.8, 4) is 0 Å².